The van der Waals surface area contributed by atoms with E-state index in [1.807, 2.05) is 0 Å². The number of rotatable bonds is 4. The third-order valence-corrected chi connectivity index (χ3v) is 15.3. The zero-order valence-corrected chi connectivity index (χ0v) is 33.2. The summed E-state index contributed by atoms with van der Waals surface area (Å²) in [6.45, 7) is 0. The minimum absolute atomic E-state index is 0.358. The molecule has 1 fully saturated rings. The SMILES string of the molecule is c1ccc(N(c2ccc3cccc4c3c2C23c5cccc6cccc(c56)C25c2ccccc2-c2ccccc2C453)c2cccc3c2c2ccccc2n3-c2ccccc2)cc1. The Balaban J connectivity index is 1.14. The van der Waals surface area contributed by atoms with Crippen molar-refractivity contribution >= 4 is 60.4 Å². The van der Waals surface area contributed by atoms with Crippen LogP contribution >= 0.6 is 0 Å². The molecule has 282 valence electrons. The summed E-state index contributed by atoms with van der Waals surface area (Å²) in [6, 6.07) is 82.8. The van der Waals surface area contributed by atoms with Crippen molar-refractivity contribution in [2.45, 2.75) is 16.2 Å². The predicted octanol–water partition coefficient (Wildman–Crippen LogP) is 14.4. The van der Waals surface area contributed by atoms with Crippen LogP contribution in [0.15, 0.2) is 218 Å². The fourth-order valence-electron chi connectivity index (χ4n) is 13.7. The first kappa shape index (κ1) is 32.2. The van der Waals surface area contributed by atoms with Gasteiger partial charge in [0, 0.05) is 22.1 Å². The Kier molecular flexibility index (Phi) is 5.77. The molecule has 0 bridgehead atoms. The standard InChI is InChI=1S/C59H36N2/c1-3-20-39(21-4-1)60-49-32-12-9-26-43(49)55-50(60)33-16-34-51(55)61(40-22-5-2-6-23-40)52-36-35-38-19-15-31-48-54(38)56(52)59-47-30-14-18-37-17-13-29-46(53(37)47)57(59)44-27-10-7-24-41(44)42-25-8-11-28-45(42)58(48,57)59/h1-36H. The molecule has 4 aliphatic rings. The topological polar surface area (TPSA) is 8.17 Å². The van der Waals surface area contributed by atoms with Crippen molar-refractivity contribution in [1.29, 1.82) is 0 Å². The van der Waals surface area contributed by atoms with E-state index in [2.05, 4.69) is 228 Å². The summed E-state index contributed by atoms with van der Waals surface area (Å²) in [6.07, 6.45) is 0. The van der Waals surface area contributed by atoms with Gasteiger partial charge in [-0.2, -0.15) is 0 Å². The van der Waals surface area contributed by atoms with E-state index in [1.54, 1.807) is 0 Å². The smallest absolute Gasteiger partial charge is 0.0562 e. The maximum Gasteiger partial charge on any atom is 0.0562 e. The van der Waals surface area contributed by atoms with Gasteiger partial charge in [-0.1, -0.05) is 170 Å². The van der Waals surface area contributed by atoms with E-state index in [1.165, 1.54) is 99.2 Å². The van der Waals surface area contributed by atoms with Gasteiger partial charge in [0.15, 0.2) is 0 Å². The van der Waals surface area contributed by atoms with Crippen molar-refractivity contribution in [1.82, 2.24) is 4.57 Å². The number of para-hydroxylation sites is 3. The van der Waals surface area contributed by atoms with Gasteiger partial charge in [-0.25, -0.2) is 0 Å². The van der Waals surface area contributed by atoms with Crippen LogP contribution in [0.4, 0.5) is 17.1 Å². The van der Waals surface area contributed by atoms with Gasteiger partial charge in [-0.05, 0) is 115 Å². The maximum atomic E-state index is 2.61. The largest absolute Gasteiger partial charge is 0.309 e. The first-order valence-electron chi connectivity index (χ1n) is 21.5. The molecule has 1 saturated carbocycles. The molecular formula is C59H36N2. The number of nitrogens with zero attached hydrogens (tertiary/aromatic N) is 2. The van der Waals surface area contributed by atoms with Gasteiger partial charge in [-0.3, -0.25) is 0 Å². The predicted molar refractivity (Wildman–Crippen MR) is 251 cm³/mol. The monoisotopic (exact) mass is 772 g/mol. The minimum atomic E-state index is -0.427. The summed E-state index contributed by atoms with van der Waals surface area (Å²) in [5.41, 5.74) is 17.3. The number of benzene rings is 10. The summed E-state index contributed by atoms with van der Waals surface area (Å²) in [4.78, 5) is 2.61. The summed E-state index contributed by atoms with van der Waals surface area (Å²) in [5, 5.41) is 7.92. The highest BCUT2D eigenvalue weighted by atomic mass is 15.2. The Morgan fingerprint density at radius 1 is 0.328 bits per heavy atom. The van der Waals surface area contributed by atoms with Crippen molar-refractivity contribution in [3.8, 4) is 16.8 Å². The van der Waals surface area contributed by atoms with E-state index in [9.17, 15) is 0 Å². The second-order valence-corrected chi connectivity index (χ2v) is 17.4. The lowest BCUT2D eigenvalue weighted by Gasteiger charge is -2.36. The van der Waals surface area contributed by atoms with Crippen LogP contribution in [-0.4, -0.2) is 4.57 Å². The van der Waals surface area contributed by atoms with E-state index in [0.717, 1.165) is 11.4 Å². The summed E-state index contributed by atoms with van der Waals surface area (Å²) in [7, 11) is 0. The Labute approximate surface area is 353 Å². The van der Waals surface area contributed by atoms with E-state index in [4.69, 9.17) is 0 Å². The summed E-state index contributed by atoms with van der Waals surface area (Å²) >= 11 is 0. The van der Waals surface area contributed by atoms with Crippen LogP contribution in [-0.2, 0) is 16.2 Å². The molecule has 3 unspecified atom stereocenters. The van der Waals surface area contributed by atoms with Gasteiger partial charge in [-0.15, -0.1) is 0 Å². The van der Waals surface area contributed by atoms with Crippen molar-refractivity contribution in [2.24, 2.45) is 0 Å². The second-order valence-electron chi connectivity index (χ2n) is 17.4. The molecule has 15 rings (SSSR count). The van der Waals surface area contributed by atoms with Crippen LogP contribution in [0.5, 0.6) is 0 Å². The molecule has 2 heteroatoms. The zero-order valence-electron chi connectivity index (χ0n) is 33.2. The third-order valence-electron chi connectivity index (χ3n) is 15.3. The lowest BCUT2D eigenvalue weighted by atomic mass is 9.65. The van der Waals surface area contributed by atoms with Crippen molar-refractivity contribution in [3.05, 3.63) is 252 Å². The molecule has 4 aliphatic carbocycles. The summed E-state index contributed by atoms with van der Waals surface area (Å²) < 4.78 is 2.44. The normalized spacial score (nSPS) is 20.7. The molecule has 0 amide bonds. The van der Waals surface area contributed by atoms with Crippen molar-refractivity contribution < 1.29 is 0 Å². The van der Waals surface area contributed by atoms with Crippen LogP contribution in [0.25, 0.3) is 60.2 Å². The lowest BCUT2D eigenvalue weighted by Crippen LogP contribution is -2.30. The molecule has 11 aromatic rings. The third kappa shape index (κ3) is 3.33. The Morgan fingerprint density at radius 3 is 1.56 bits per heavy atom. The number of anilines is 3. The van der Waals surface area contributed by atoms with Gasteiger partial charge in [0.25, 0.3) is 0 Å². The molecule has 1 heterocycles. The second kappa shape index (κ2) is 10.9. The molecular weight excluding hydrogens is 737 g/mol. The highest BCUT2D eigenvalue weighted by Gasteiger charge is 2.96. The highest BCUT2D eigenvalue weighted by molar-refractivity contribution is 6.19. The molecule has 61 heavy (non-hydrogen) atoms. The van der Waals surface area contributed by atoms with Crippen LogP contribution in [0, 0.1) is 0 Å². The number of hydrogen-bond acceptors (Lipinski definition) is 1. The molecule has 10 aromatic carbocycles. The molecule has 0 radical (unpaired) electrons. The van der Waals surface area contributed by atoms with Crippen molar-refractivity contribution in [2.75, 3.05) is 4.90 Å². The Hall–Kier alpha value is -7.68. The Bertz CT molecular complexity index is 3670. The number of aromatic nitrogens is 1. The van der Waals surface area contributed by atoms with Gasteiger partial charge in [0.05, 0.1) is 38.7 Å². The average molecular weight is 773 g/mol. The fourth-order valence-corrected chi connectivity index (χ4v) is 13.7. The van der Waals surface area contributed by atoms with Gasteiger partial charge in [0.1, 0.15) is 0 Å². The van der Waals surface area contributed by atoms with Crippen molar-refractivity contribution in [3.63, 3.8) is 0 Å². The number of hydrogen-bond donors (Lipinski definition) is 0. The van der Waals surface area contributed by atoms with Crippen LogP contribution in [0.2, 0.25) is 0 Å². The first-order chi connectivity index (χ1) is 30.3. The molecule has 0 N–H and O–H groups in total. The van der Waals surface area contributed by atoms with E-state index in [0.29, 0.717) is 0 Å². The molecule has 3 spiro atoms. The highest BCUT2D eigenvalue weighted by Crippen LogP contribution is 2.95. The van der Waals surface area contributed by atoms with Crippen LogP contribution in [0.1, 0.15) is 33.4 Å². The molecule has 0 saturated heterocycles. The minimum Gasteiger partial charge on any atom is -0.309 e. The molecule has 3 atom stereocenters. The van der Waals surface area contributed by atoms with Gasteiger partial charge >= 0.3 is 0 Å². The molecule has 1 aromatic heterocycles. The average Bonchev–Trinajstić information content (AvgIpc) is 3.47. The quantitative estimate of drug-likeness (QED) is 0.173. The van der Waals surface area contributed by atoms with Crippen LogP contribution in [0.3, 0.4) is 0 Å². The van der Waals surface area contributed by atoms with Crippen LogP contribution < -0.4 is 4.90 Å². The first-order valence-corrected chi connectivity index (χ1v) is 21.5. The van der Waals surface area contributed by atoms with E-state index < -0.39 is 5.41 Å². The van der Waals surface area contributed by atoms with Gasteiger partial charge in [0.2, 0.25) is 0 Å². The summed E-state index contributed by atoms with van der Waals surface area (Å²) in [5.74, 6) is 0. The fraction of sp³-hybridized carbons (Fsp3) is 0.0508. The zero-order chi connectivity index (χ0) is 39.7. The molecule has 2 nitrogen and oxygen atoms in total. The van der Waals surface area contributed by atoms with E-state index in [-0.39, 0.29) is 10.8 Å². The Morgan fingerprint density at radius 2 is 0.852 bits per heavy atom. The van der Waals surface area contributed by atoms with E-state index >= 15 is 0 Å². The maximum absolute atomic E-state index is 2.61. The molecule has 0 aliphatic heterocycles. The lowest BCUT2D eigenvalue weighted by molar-refractivity contribution is 0.690. The number of fused-ring (bicyclic) bond motifs is 6. The van der Waals surface area contributed by atoms with Gasteiger partial charge < -0.3 is 9.47 Å².